The maximum atomic E-state index is 13.1. The van der Waals surface area contributed by atoms with Crippen LogP contribution in [-0.2, 0) is 16.0 Å². The van der Waals surface area contributed by atoms with E-state index in [0.717, 1.165) is 22.4 Å². The van der Waals surface area contributed by atoms with Gasteiger partial charge in [0.1, 0.15) is 11.8 Å². The first-order valence-electron chi connectivity index (χ1n) is 10.9. The summed E-state index contributed by atoms with van der Waals surface area (Å²) in [5, 5.41) is 0. The van der Waals surface area contributed by atoms with Crippen molar-refractivity contribution in [2.24, 2.45) is 0 Å². The number of nitrogens with zero attached hydrogens (tertiary/aromatic N) is 1. The van der Waals surface area contributed by atoms with E-state index in [1.165, 1.54) is 4.90 Å². The fraction of sp³-hybridized carbons (Fsp3) is 0.259. The van der Waals surface area contributed by atoms with Gasteiger partial charge in [-0.3, -0.25) is 4.79 Å². The summed E-state index contributed by atoms with van der Waals surface area (Å²) in [6, 6.07) is 26.2. The van der Waals surface area contributed by atoms with Crippen molar-refractivity contribution in [1.29, 1.82) is 0 Å². The molecule has 3 aromatic rings. The van der Waals surface area contributed by atoms with Crippen LogP contribution in [-0.4, -0.2) is 24.0 Å². The van der Waals surface area contributed by atoms with Crippen LogP contribution < -0.4 is 4.74 Å². The van der Waals surface area contributed by atoms with Crippen LogP contribution in [0.2, 0.25) is 0 Å². The summed E-state index contributed by atoms with van der Waals surface area (Å²) in [6.45, 7) is 4.00. The minimum absolute atomic E-state index is 0.201. The van der Waals surface area contributed by atoms with Crippen molar-refractivity contribution in [3.8, 4) is 5.75 Å². The lowest BCUT2D eigenvalue weighted by atomic mass is 9.95. The number of rotatable bonds is 6. The third kappa shape index (κ3) is 5.17. The average Bonchev–Trinajstić information content (AvgIpc) is 3.22. The summed E-state index contributed by atoms with van der Waals surface area (Å²) < 4.78 is 10.9. The Balaban J connectivity index is 0.00000141. The Morgan fingerprint density at radius 1 is 0.906 bits per heavy atom. The van der Waals surface area contributed by atoms with E-state index in [1.54, 1.807) is 7.11 Å². The van der Waals surface area contributed by atoms with Crippen LogP contribution >= 0.6 is 0 Å². The lowest BCUT2D eigenvalue weighted by Crippen LogP contribution is -2.34. The second-order valence-electron chi connectivity index (χ2n) is 7.19. The molecule has 0 N–H and O–H groups in total. The molecule has 0 aliphatic carbocycles. The molecule has 5 nitrogen and oxygen atoms in total. The van der Waals surface area contributed by atoms with Crippen LogP contribution in [0.5, 0.6) is 5.75 Å². The minimum atomic E-state index is -0.603. The number of benzene rings is 3. The molecule has 1 aliphatic rings. The second kappa shape index (κ2) is 11.1. The van der Waals surface area contributed by atoms with Gasteiger partial charge < -0.3 is 9.47 Å². The van der Waals surface area contributed by atoms with Crippen LogP contribution in [0.4, 0.5) is 4.79 Å². The maximum absolute atomic E-state index is 13.1. The van der Waals surface area contributed by atoms with Crippen molar-refractivity contribution < 1.29 is 19.1 Å². The maximum Gasteiger partial charge on any atom is 0.417 e. The molecular weight excluding hydrogens is 402 g/mol. The number of ether oxygens (including phenoxy) is 2. The van der Waals surface area contributed by atoms with Crippen LogP contribution in [0, 0.1) is 0 Å². The Morgan fingerprint density at radius 2 is 1.53 bits per heavy atom. The third-order valence-electron chi connectivity index (χ3n) is 5.29. The van der Waals surface area contributed by atoms with Crippen molar-refractivity contribution in [3.63, 3.8) is 0 Å². The number of aryl methyl sites for hydroxylation is 1. The Labute approximate surface area is 189 Å². The third-order valence-corrected chi connectivity index (χ3v) is 5.29. The molecule has 1 aliphatic heterocycles. The number of carbonyl (C=O) groups is 2. The van der Waals surface area contributed by atoms with Crippen molar-refractivity contribution in [2.75, 3.05) is 7.11 Å². The molecule has 1 fully saturated rings. The topological polar surface area (TPSA) is 55.8 Å². The molecule has 0 aromatic heterocycles. The first-order chi connectivity index (χ1) is 15.7. The van der Waals surface area contributed by atoms with E-state index in [9.17, 15) is 9.59 Å². The lowest BCUT2D eigenvalue weighted by molar-refractivity contribution is -0.129. The molecule has 1 heterocycles. The van der Waals surface area contributed by atoms with Gasteiger partial charge in [0.2, 0.25) is 5.91 Å². The second-order valence-corrected chi connectivity index (χ2v) is 7.19. The molecule has 1 saturated heterocycles. The van der Waals surface area contributed by atoms with Gasteiger partial charge in [-0.2, -0.15) is 0 Å². The van der Waals surface area contributed by atoms with Gasteiger partial charge in [0.25, 0.3) is 0 Å². The molecule has 32 heavy (non-hydrogen) atoms. The van der Waals surface area contributed by atoms with Gasteiger partial charge in [-0.05, 0) is 35.2 Å². The van der Waals surface area contributed by atoms with Gasteiger partial charge in [0.05, 0.1) is 7.11 Å². The van der Waals surface area contributed by atoms with E-state index in [0.29, 0.717) is 6.42 Å². The molecule has 0 saturated carbocycles. The van der Waals surface area contributed by atoms with Gasteiger partial charge >= 0.3 is 6.09 Å². The average molecular weight is 432 g/mol. The highest BCUT2D eigenvalue weighted by molar-refractivity contribution is 5.94. The number of hydrogen-bond acceptors (Lipinski definition) is 4. The monoisotopic (exact) mass is 431 g/mol. The molecule has 3 aromatic carbocycles. The Morgan fingerprint density at radius 3 is 2.16 bits per heavy atom. The number of methoxy groups -OCH3 is 1. The summed E-state index contributed by atoms with van der Waals surface area (Å²) in [4.78, 5) is 27.2. The van der Waals surface area contributed by atoms with Gasteiger partial charge in [-0.1, -0.05) is 86.6 Å². The molecule has 4 rings (SSSR count). The summed E-state index contributed by atoms with van der Waals surface area (Å²) in [7, 11) is 1.61. The summed E-state index contributed by atoms with van der Waals surface area (Å²) >= 11 is 0. The molecule has 0 radical (unpaired) electrons. The van der Waals surface area contributed by atoms with E-state index < -0.39 is 18.2 Å². The van der Waals surface area contributed by atoms with E-state index in [4.69, 9.17) is 9.47 Å². The first kappa shape index (κ1) is 23.1. The largest absolute Gasteiger partial charge is 0.497 e. The predicted molar refractivity (Wildman–Crippen MR) is 124 cm³/mol. The molecule has 0 bridgehead atoms. The smallest absolute Gasteiger partial charge is 0.417 e. The zero-order valence-corrected chi connectivity index (χ0v) is 18.7. The van der Waals surface area contributed by atoms with E-state index >= 15 is 0 Å². The fourth-order valence-corrected chi connectivity index (χ4v) is 3.80. The number of carbonyl (C=O) groups excluding carboxylic acids is 2. The highest BCUT2D eigenvalue weighted by atomic mass is 16.6. The summed E-state index contributed by atoms with van der Waals surface area (Å²) in [6.07, 6.45) is -0.431. The molecule has 166 valence electrons. The SMILES string of the molecule is CC.COc1cccc(CCC(=O)N2C(=O)OC(c3ccccc3)C2c2ccccc2)c1. The highest BCUT2D eigenvalue weighted by Crippen LogP contribution is 2.43. The molecule has 2 amide bonds. The molecule has 5 heteroatoms. The Hall–Kier alpha value is -3.60. The zero-order valence-electron chi connectivity index (χ0n) is 18.7. The van der Waals surface area contributed by atoms with Crippen molar-refractivity contribution in [2.45, 2.75) is 38.8 Å². The van der Waals surface area contributed by atoms with Crippen molar-refractivity contribution in [1.82, 2.24) is 4.90 Å². The summed E-state index contributed by atoms with van der Waals surface area (Å²) in [5.41, 5.74) is 2.71. The lowest BCUT2D eigenvalue weighted by Gasteiger charge is -2.24. The van der Waals surface area contributed by atoms with Crippen molar-refractivity contribution >= 4 is 12.0 Å². The van der Waals surface area contributed by atoms with E-state index in [1.807, 2.05) is 98.8 Å². The normalized spacial score (nSPS) is 17.2. The van der Waals surface area contributed by atoms with Gasteiger partial charge in [-0.25, -0.2) is 9.69 Å². The molecule has 0 spiro atoms. The first-order valence-corrected chi connectivity index (χ1v) is 10.9. The molecule has 2 atom stereocenters. The van der Waals surface area contributed by atoms with Crippen LogP contribution in [0.3, 0.4) is 0 Å². The summed E-state index contributed by atoms with van der Waals surface area (Å²) in [5.74, 6) is 0.488. The van der Waals surface area contributed by atoms with Crippen LogP contribution in [0.1, 0.15) is 49.1 Å². The number of hydrogen-bond donors (Lipinski definition) is 0. The van der Waals surface area contributed by atoms with Gasteiger partial charge in [0.15, 0.2) is 6.10 Å². The van der Waals surface area contributed by atoms with Gasteiger partial charge in [-0.15, -0.1) is 0 Å². The van der Waals surface area contributed by atoms with Crippen LogP contribution in [0.25, 0.3) is 0 Å². The minimum Gasteiger partial charge on any atom is -0.497 e. The van der Waals surface area contributed by atoms with E-state index in [2.05, 4.69) is 0 Å². The van der Waals surface area contributed by atoms with E-state index in [-0.39, 0.29) is 12.3 Å². The quantitative estimate of drug-likeness (QED) is 0.472. The predicted octanol–water partition coefficient (Wildman–Crippen LogP) is 6.12. The molecular formula is C27H29NO4. The fourth-order valence-electron chi connectivity index (χ4n) is 3.80. The Bertz CT molecular complexity index is 1020. The Kier molecular flexibility index (Phi) is 8.03. The van der Waals surface area contributed by atoms with Crippen molar-refractivity contribution in [3.05, 3.63) is 102 Å². The number of cyclic esters (lactones) is 1. The molecule has 2 unspecified atom stereocenters. The zero-order chi connectivity index (χ0) is 22.9. The number of imide groups is 1. The van der Waals surface area contributed by atoms with Crippen LogP contribution in [0.15, 0.2) is 84.9 Å². The standard InChI is InChI=1S/C25H23NO4.C2H6/c1-29-21-14-8-9-18(17-21)15-16-22(27)26-23(19-10-4-2-5-11-19)24(30-25(26)28)20-12-6-3-7-13-20;1-2/h2-14,17,23-24H,15-16H2,1H3;1-2H3. The highest BCUT2D eigenvalue weighted by Gasteiger charge is 2.46. The number of amides is 2. The van der Waals surface area contributed by atoms with Gasteiger partial charge in [0, 0.05) is 6.42 Å².